The summed E-state index contributed by atoms with van der Waals surface area (Å²) >= 11 is 5.80. The van der Waals surface area contributed by atoms with Crippen LogP contribution in [-0.2, 0) is 4.79 Å². The predicted molar refractivity (Wildman–Crippen MR) is 97.1 cm³/mol. The molecule has 0 saturated carbocycles. The number of rotatable bonds is 6. The number of anilines is 2. The molecule has 6 nitrogen and oxygen atoms in total. The maximum Gasteiger partial charge on any atom is 0.243 e. The molecule has 0 aliphatic rings. The zero-order chi connectivity index (χ0) is 18.4. The molecule has 0 atom stereocenters. The van der Waals surface area contributed by atoms with Crippen molar-refractivity contribution in [2.45, 2.75) is 0 Å². The fourth-order valence-electron chi connectivity index (χ4n) is 2.01. The summed E-state index contributed by atoms with van der Waals surface area (Å²) in [7, 11) is 0. The Balaban J connectivity index is 1.55. The van der Waals surface area contributed by atoms with Crippen LogP contribution in [0.3, 0.4) is 0 Å². The number of benzene rings is 2. The number of carbonyl (C=O) groups is 1. The highest BCUT2D eigenvalue weighted by Crippen LogP contribution is 2.20. The van der Waals surface area contributed by atoms with Gasteiger partial charge in [-0.15, -0.1) is 0 Å². The Bertz CT molecular complexity index is 888. The fourth-order valence-corrected chi connectivity index (χ4v) is 2.13. The fraction of sp³-hybridized carbons (Fsp3) is 0.0556. The van der Waals surface area contributed by atoms with Crippen LogP contribution in [0.2, 0.25) is 5.02 Å². The number of aromatic nitrogens is 2. The second kappa shape index (κ2) is 8.26. The van der Waals surface area contributed by atoms with Crippen LogP contribution in [0.25, 0.3) is 0 Å². The molecule has 8 heteroatoms. The van der Waals surface area contributed by atoms with Crippen LogP contribution in [0.4, 0.5) is 16.0 Å². The molecule has 3 rings (SSSR count). The first-order valence-electron chi connectivity index (χ1n) is 7.64. The molecule has 1 amide bonds. The number of nitrogens with zero attached hydrogens (tertiary/aromatic N) is 2. The highest BCUT2D eigenvalue weighted by molar-refractivity contribution is 6.30. The van der Waals surface area contributed by atoms with Crippen LogP contribution in [0.15, 0.2) is 60.8 Å². The van der Waals surface area contributed by atoms with Crippen molar-refractivity contribution in [1.29, 1.82) is 0 Å². The molecule has 1 aromatic heterocycles. The van der Waals surface area contributed by atoms with Crippen molar-refractivity contribution in [3.63, 3.8) is 0 Å². The SMILES string of the molecule is O=C(CNc1nccc(Oc2ccc(F)cc2)n1)Nc1ccc(Cl)cc1. The average Bonchev–Trinajstić information content (AvgIpc) is 2.64. The molecule has 0 saturated heterocycles. The number of carbonyl (C=O) groups excluding carboxylic acids is 1. The Hall–Kier alpha value is -3.19. The first-order chi connectivity index (χ1) is 12.6. The number of amides is 1. The topological polar surface area (TPSA) is 76.1 Å². The van der Waals surface area contributed by atoms with E-state index in [1.54, 1.807) is 30.3 Å². The Morgan fingerprint density at radius 1 is 1.08 bits per heavy atom. The molecular formula is C18H14ClFN4O2. The van der Waals surface area contributed by atoms with Crippen molar-refractivity contribution in [3.05, 3.63) is 71.6 Å². The molecule has 1 heterocycles. The number of hydrogen-bond acceptors (Lipinski definition) is 5. The van der Waals surface area contributed by atoms with Crippen LogP contribution in [0.1, 0.15) is 0 Å². The summed E-state index contributed by atoms with van der Waals surface area (Å²) in [5.41, 5.74) is 0.635. The van der Waals surface area contributed by atoms with Crippen LogP contribution in [0.5, 0.6) is 11.6 Å². The molecule has 26 heavy (non-hydrogen) atoms. The van der Waals surface area contributed by atoms with E-state index in [1.165, 1.54) is 30.5 Å². The number of nitrogens with one attached hydrogen (secondary N) is 2. The van der Waals surface area contributed by atoms with Gasteiger partial charge in [-0.1, -0.05) is 11.6 Å². The van der Waals surface area contributed by atoms with Gasteiger partial charge in [0.05, 0.1) is 6.54 Å². The molecule has 132 valence electrons. The maximum atomic E-state index is 12.9. The second-order valence-corrected chi connectivity index (χ2v) is 5.62. The molecule has 0 aliphatic heterocycles. The van der Waals surface area contributed by atoms with Crippen LogP contribution >= 0.6 is 11.6 Å². The van der Waals surface area contributed by atoms with E-state index in [9.17, 15) is 9.18 Å². The lowest BCUT2D eigenvalue weighted by Gasteiger charge is -2.08. The monoisotopic (exact) mass is 372 g/mol. The third-order valence-corrected chi connectivity index (χ3v) is 3.45. The van der Waals surface area contributed by atoms with Crippen molar-refractivity contribution < 1.29 is 13.9 Å². The van der Waals surface area contributed by atoms with Gasteiger partial charge in [-0.2, -0.15) is 4.98 Å². The quantitative estimate of drug-likeness (QED) is 0.681. The lowest BCUT2D eigenvalue weighted by Crippen LogP contribution is -2.22. The van der Waals surface area contributed by atoms with Gasteiger partial charge in [0.1, 0.15) is 11.6 Å². The summed E-state index contributed by atoms with van der Waals surface area (Å²) in [5, 5.41) is 6.12. The molecule has 0 fully saturated rings. The molecule has 3 aromatic rings. The predicted octanol–water partition coefficient (Wildman–Crippen LogP) is 4.11. The van der Waals surface area contributed by atoms with Crippen LogP contribution in [0, 0.1) is 5.82 Å². The molecule has 0 unspecified atom stereocenters. The van der Waals surface area contributed by atoms with Gasteiger partial charge in [0.2, 0.25) is 17.7 Å². The van der Waals surface area contributed by atoms with E-state index in [2.05, 4.69) is 20.6 Å². The van der Waals surface area contributed by atoms with E-state index in [0.717, 1.165) is 0 Å². The minimum atomic E-state index is -0.353. The normalized spacial score (nSPS) is 10.2. The zero-order valence-electron chi connectivity index (χ0n) is 13.4. The van der Waals surface area contributed by atoms with Gasteiger partial charge in [0.25, 0.3) is 0 Å². The highest BCUT2D eigenvalue weighted by atomic mass is 35.5. The van der Waals surface area contributed by atoms with E-state index < -0.39 is 0 Å². The van der Waals surface area contributed by atoms with Crippen LogP contribution in [-0.4, -0.2) is 22.4 Å². The third kappa shape index (κ3) is 5.15. The van der Waals surface area contributed by atoms with Gasteiger partial charge in [-0.3, -0.25) is 4.79 Å². The average molecular weight is 373 g/mol. The lowest BCUT2D eigenvalue weighted by molar-refractivity contribution is -0.114. The van der Waals surface area contributed by atoms with E-state index in [4.69, 9.17) is 16.3 Å². The molecule has 0 bridgehead atoms. The summed E-state index contributed by atoms with van der Waals surface area (Å²) in [4.78, 5) is 20.1. The Labute approximate surface area is 154 Å². The molecule has 2 aromatic carbocycles. The maximum absolute atomic E-state index is 12.9. The minimum absolute atomic E-state index is 0.0252. The first-order valence-corrected chi connectivity index (χ1v) is 8.02. The number of ether oxygens (including phenoxy) is 1. The van der Waals surface area contributed by atoms with E-state index in [-0.39, 0.29) is 30.1 Å². The van der Waals surface area contributed by atoms with Crippen molar-refractivity contribution in [2.75, 3.05) is 17.2 Å². The van der Waals surface area contributed by atoms with E-state index >= 15 is 0 Å². The van der Waals surface area contributed by atoms with E-state index in [0.29, 0.717) is 16.5 Å². The third-order valence-electron chi connectivity index (χ3n) is 3.20. The second-order valence-electron chi connectivity index (χ2n) is 5.18. The summed E-state index contributed by atoms with van der Waals surface area (Å²) < 4.78 is 18.4. The summed E-state index contributed by atoms with van der Waals surface area (Å²) in [5.74, 6) is 0.328. The minimum Gasteiger partial charge on any atom is -0.439 e. The smallest absolute Gasteiger partial charge is 0.243 e. The first kappa shape index (κ1) is 17.6. The van der Waals surface area contributed by atoms with Crippen molar-refractivity contribution in [1.82, 2.24) is 9.97 Å². The molecule has 0 aliphatic carbocycles. The van der Waals surface area contributed by atoms with Gasteiger partial charge in [0, 0.05) is 23.0 Å². The summed E-state index contributed by atoms with van der Waals surface area (Å²) in [6.45, 7) is -0.0252. The highest BCUT2D eigenvalue weighted by Gasteiger charge is 2.06. The Morgan fingerprint density at radius 2 is 1.81 bits per heavy atom. The van der Waals surface area contributed by atoms with Gasteiger partial charge in [-0.05, 0) is 48.5 Å². The van der Waals surface area contributed by atoms with Crippen molar-refractivity contribution >= 4 is 29.1 Å². The van der Waals surface area contributed by atoms with Crippen LogP contribution < -0.4 is 15.4 Å². The largest absolute Gasteiger partial charge is 0.439 e. The molecule has 0 radical (unpaired) electrons. The standard InChI is InChI=1S/C18H14ClFN4O2/c19-12-1-5-14(6-2-12)23-16(25)11-22-18-21-10-9-17(24-18)26-15-7-3-13(20)4-8-15/h1-10H,11H2,(H,23,25)(H,21,22,24). The Kier molecular flexibility index (Phi) is 5.60. The van der Waals surface area contributed by atoms with Crippen molar-refractivity contribution in [2.24, 2.45) is 0 Å². The molecule has 2 N–H and O–H groups in total. The van der Waals surface area contributed by atoms with Gasteiger partial charge >= 0.3 is 0 Å². The summed E-state index contributed by atoms with van der Waals surface area (Å²) in [6, 6.07) is 13.9. The molecular weight excluding hydrogens is 359 g/mol. The van der Waals surface area contributed by atoms with Gasteiger partial charge < -0.3 is 15.4 Å². The Morgan fingerprint density at radius 3 is 2.54 bits per heavy atom. The van der Waals surface area contributed by atoms with Gasteiger partial charge in [0.15, 0.2) is 0 Å². The van der Waals surface area contributed by atoms with Crippen molar-refractivity contribution in [3.8, 4) is 11.6 Å². The zero-order valence-corrected chi connectivity index (χ0v) is 14.2. The lowest BCUT2D eigenvalue weighted by atomic mass is 10.3. The number of hydrogen-bond donors (Lipinski definition) is 2. The number of halogens is 2. The van der Waals surface area contributed by atoms with Gasteiger partial charge in [-0.25, -0.2) is 9.37 Å². The van der Waals surface area contributed by atoms with E-state index in [1.807, 2.05) is 0 Å². The summed E-state index contributed by atoms with van der Waals surface area (Å²) in [6.07, 6.45) is 1.49. The molecule has 0 spiro atoms.